The molecule has 2 aromatic carbocycles. The van der Waals surface area contributed by atoms with E-state index in [4.69, 9.17) is 10.00 Å². The fourth-order valence-electron chi connectivity index (χ4n) is 2.42. The zero-order chi connectivity index (χ0) is 17.9. The van der Waals surface area contributed by atoms with Gasteiger partial charge in [0.25, 0.3) is 0 Å². The molecule has 5 nitrogen and oxygen atoms in total. The summed E-state index contributed by atoms with van der Waals surface area (Å²) < 4.78 is 5.38. The van der Waals surface area contributed by atoms with Crippen LogP contribution in [0.2, 0.25) is 0 Å². The summed E-state index contributed by atoms with van der Waals surface area (Å²) in [5.74, 6) is 1.69. The first-order valence-corrected chi connectivity index (χ1v) is 8.40. The average molecular weight is 336 g/mol. The predicted molar refractivity (Wildman–Crippen MR) is 101 cm³/mol. The van der Waals surface area contributed by atoms with Gasteiger partial charge >= 0.3 is 0 Å². The third-order valence-corrected chi connectivity index (χ3v) is 3.73. The van der Waals surface area contributed by atoms with E-state index in [-0.39, 0.29) is 0 Å². The van der Waals surface area contributed by atoms with E-state index in [1.807, 2.05) is 49.4 Å². The van der Waals surface area contributed by atoms with Gasteiger partial charge in [0.15, 0.2) is 5.96 Å². The summed E-state index contributed by atoms with van der Waals surface area (Å²) in [6.45, 7) is 4.17. The fourth-order valence-corrected chi connectivity index (χ4v) is 2.42. The van der Waals surface area contributed by atoms with Gasteiger partial charge in [-0.15, -0.1) is 0 Å². The van der Waals surface area contributed by atoms with E-state index in [1.165, 1.54) is 5.56 Å². The summed E-state index contributed by atoms with van der Waals surface area (Å²) in [7, 11) is 1.69. The Bertz CT molecular complexity index is 732. The summed E-state index contributed by atoms with van der Waals surface area (Å²) in [6, 6.07) is 17.6. The minimum Gasteiger partial charge on any atom is -0.496 e. The molecule has 0 radical (unpaired) electrons. The molecule has 0 aliphatic heterocycles. The Morgan fingerprint density at radius 1 is 1.12 bits per heavy atom. The molecule has 0 aliphatic carbocycles. The smallest absolute Gasteiger partial charge is 0.191 e. The maximum atomic E-state index is 8.84. The first-order valence-electron chi connectivity index (χ1n) is 8.40. The first kappa shape index (κ1) is 18.3. The number of nitriles is 1. The van der Waals surface area contributed by atoms with Crippen LogP contribution in [0.3, 0.4) is 0 Å². The normalized spacial score (nSPS) is 10.8. The molecular weight excluding hydrogens is 312 g/mol. The molecule has 0 fully saturated rings. The number of rotatable bonds is 7. The van der Waals surface area contributed by atoms with Crippen molar-refractivity contribution in [3.8, 4) is 11.8 Å². The van der Waals surface area contributed by atoms with E-state index in [9.17, 15) is 0 Å². The number of para-hydroxylation sites is 1. The van der Waals surface area contributed by atoms with Gasteiger partial charge in [-0.2, -0.15) is 5.26 Å². The van der Waals surface area contributed by atoms with Crippen molar-refractivity contribution in [2.24, 2.45) is 4.99 Å². The fraction of sp³-hybridized carbons (Fsp3) is 0.300. The molecule has 0 saturated heterocycles. The number of hydrogen-bond acceptors (Lipinski definition) is 3. The van der Waals surface area contributed by atoms with Crippen LogP contribution in [0.1, 0.15) is 23.6 Å². The number of guanidine groups is 1. The highest BCUT2D eigenvalue weighted by molar-refractivity contribution is 5.79. The van der Waals surface area contributed by atoms with Crippen LogP contribution in [0.5, 0.6) is 5.75 Å². The lowest BCUT2D eigenvalue weighted by atomic mass is 10.1. The third kappa shape index (κ3) is 5.85. The Hall–Kier alpha value is -3.00. The third-order valence-electron chi connectivity index (χ3n) is 3.73. The lowest BCUT2D eigenvalue weighted by molar-refractivity contribution is 0.409. The molecule has 0 atom stereocenters. The van der Waals surface area contributed by atoms with Crippen molar-refractivity contribution in [2.45, 2.75) is 19.9 Å². The van der Waals surface area contributed by atoms with Crippen LogP contribution in [-0.2, 0) is 13.0 Å². The second-order valence-electron chi connectivity index (χ2n) is 5.49. The number of methoxy groups -OCH3 is 1. The van der Waals surface area contributed by atoms with Crippen molar-refractivity contribution in [3.63, 3.8) is 0 Å². The van der Waals surface area contributed by atoms with Gasteiger partial charge in [0.05, 0.1) is 25.3 Å². The van der Waals surface area contributed by atoms with E-state index in [1.54, 1.807) is 7.11 Å². The van der Waals surface area contributed by atoms with Crippen molar-refractivity contribution in [1.29, 1.82) is 5.26 Å². The van der Waals surface area contributed by atoms with Crippen LogP contribution >= 0.6 is 0 Å². The number of nitrogens with zero attached hydrogens (tertiary/aromatic N) is 2. The Balaban J connectivity index is 1.92. The zero-order valence-electron chi connectivity index (χ0n) is 14.7. The van der Waals surface area contributed by atoms with Gasteiger partial charge in [0.1, 0.15) is 5.75 Å². The Kier molecular flexibility index (Phi) is 7.33. The highest BCUT2D eigenvalue weighted by Crippen LogP contribution is 2.17. The number of benzene rings is 2. The van der Waals surface area contributed by atoms with Crippen molar-refractivity contribution in [1.82, 2.24) is 10.6 Å². The average Bonchev–Trinajstić information content (AvgIpc) is 2.67. The molecule has 0 spiro atoms. The molecule has 5 heteroatoms. The van der Waals surface area contributed by atoms with Crippen LogP contribution in [0, 0.1) is 11.3 Å². The van der Waals surface area contributed by atoms with Gasteiger partial charge in [-0.1, -0.05) is 30.3 Å². The number of nitrogens with one attached hydrogen (secondary N) is 2. The topological polar surface area (TPSA) is 69.4 Å². The molecule has 25 heavy (non-hydrogen) atoms. The Morgan fingerprint density at radius 2 is 1.88 bits per heavy atom. The molecule has 0 amide bonds. The van der Waals surface area contributed by atoms with Gasteiger partial charge < -0.3 is 15.4 Å². The SMILES string of the molecule is CCNC(=NCc1ccc(C#N)cc1)NCCc1ccccc1OC. The quantitative estimate of drug-likeness (QED) is 0.602. The van der Waals surface area contributed by atoms with Crippen LogP contribution < -0.4 is 15.4 Å². The summed E-state index contributed by atoms with van der Waals surface area (Å²) in [6.07, 6.45) is 0.852. The Labute approximate surface area is 149 Å². The molecule has 0 unspecified atom stereocenters. The van der Waals surface area contributed by atoms with Gasteiger partial charge in [-0.25, -0.2) is 4.99 Å². The lowest BCUT2D eigenvalue weighted by Gasteiger charge is -2.12. The molecule has 2 aromatic rings. The van der Waals surface area contributed by atoms with Crippen molar-refractivity contribution in [2.75, 3.05) is 20.2 Å². The molecule has 0 bridgehead atoms. The molecule has 2 rings (SSSR count). The monoisotopic (exact) mass is 336 g/mol. The molecular formula is C20H24N4O. The van der Waals surface area contributed by atoms with Gasteiger partial charge in [-0.05, 0) is 42.7 Å². The summed E-state index contributed by atoms with van der Waals surface area (Å²) in [5.41, 5.74) is 2.90. The van der Waals surface area contributed by atoms with Crippen molar-refractivity contribution >= 4 is 5.96 Å². The maximum Gasteiger partial charge on any atom is 0.191 e. The maximum absolute atomic E-state index is 8.84. The molecule has 0 heterocycles. The van der Waals surface area contributed by atoms with Crippen molar-refractivity contribution < 1.29 is 4.74 Å². The number of aliphatic imine (C=N–C) groups is 1. The van der Waals surface area contributed by atoms with Crippen LogP contribution in [0.15, 0.2) is 53.5 Å². The number of hydrogen-bond donors (Lipinski definition) is 2. The van der Waals surface area contributed by atoms with Crippen molar-refractivity contribution in [3.05, 3.63) is 65.2 Å². The van der Waals surface area contributed by atoms with Crippen LogP contribution in [0.25, 0.3) is 0 Å². The molecule has 0 aliphatic rings. The Morgan fingerprint density at radius 3 is 2.56 bits per heavy atom. The zero-order valence-corrected chi connectivity index (χ0v) is 14.7. The largest absolute Gasteiger partial charge is 0.496 e. The standard InChI is InChI=1S/C20H24N4O/c1-3-22-20(24-15-17-10-8-16(14-21)9-11-17)23-13-12-18-6-4-5-7-19(18)25-2/h4-11H,3,12-13,15H2,1-2H3,(H2,22,23,24). The van der Waals surface area contributed by atoms with Crippen LogP contribution in [0.4, 0.5) is 0 Å². The van der Waals surface area contributed by atoms with E-state index in [0.29, 0.717) is 12.1 Å². The first-order chi connectivity index (χ1) is 12.3. The van der Waals surface area contributed by atoms with E-state index < -0.39 is 0 Å². The highest BCUT2D eigenvalue weighted by Gasteiger charge is 2.03. The van der Waals surface area contributed by atoms with Crippen LogP contribution in [-0.4, -0.2) is 26.2 Å². The minimum atomic E-state index is 0.565. The summed E-state index contributed by atoms with van der Waals surface area (Å²) >= 11 is 0. The molecule has 0 aromatic heterocycles. The second-order valence-corrected chi connectivity index (χ2v) is 5.49. The molecule has 0 saturated carbocycles. The van der Waals surface area contributed by atoms with Gasteiger partial charge in [-0.3, -0.25) is 0 Å². The highest BCUT2D eigenvalue weighted by atomic mass is 16.5. The van der Waals surface area contributed by atoms with Gasteiger partial charge in [0, 0.05) is 13.1 Å². The minimum absolute atomic E-state index is 0.565. The number of ether oxygens (including phenoxy) is 1. The summed E-state index contributed by atoms with van der Waals surface area (Å²) in [4.78, 5) is 4.59. The lowest BCUT2D eigenvalue weighted by Crippen LogP contribution is -2.38. The van der Waals surface area contributed by atoms with E-state index in [2.05, 4.69) is 27.8 Å². The summed E-state index contributed by atoms with van der Waals surface area (Å²) in [5, 5.41) is 15.4. The second kappa shape index (κ2) is 9.99. The van der Waals surface area contributed by atoms with Gasteiger partial charge in [0.2, 0.25) is 0 Å². The van der Waals surface area contributed by atoms with E-state index in [0.717, 1.165) is 36.8 Å². The molecule has 130 valence electrons. The predicted octanol–water partition coefficient (Wildman–Crippen LogP) is 2.86. The van der Waals surface area contributed by atoms with E-state index >= 15 is 0 Å². The molecule has 2 N–H and O–H groups in total.